The fourth-order valence-electron chi connectivity index (χ4n) is 5.90. The van der Waals surface area contributed by atoms with Crippen LogP contribution in [0.5, 0.6) is 0 Å². The average molecular weight is 650 g/mol. The Balaban J connectivity index is 1.18. The van der Waals surface area contributed by atoms with E-state index in [0.717, 1.165) is 38.9 Å². The Kier molecular flexibility index (Phi) is 6.23. The molecular weight excluding hydrogens is 619 g/mol. The van der Waals surface area contributed by atoms with Crippen LogP contribution in [0.2, 0.25) is 0 Å². The highest BCUT2D eigenvalue weighted by atomic mass is 32.1. The molecule has 5 nitrogen and oxygen atoms in total. The van der Waals surface area contributed by atoms with E-state index in [4.69, 9.17) is 30.4 Å². The zero-order chi connectivity index (χ0) is 36.1. The van der Waals surface area contributed by atoms with Crippen LogP contribution in [0, 0.1) is 0 Å². The average Bonchev–Trinajstić information content (AvgIpc) is 3.62. The fraction of sp³-hybridized carbons (Fsp3) is 0. The molecule has 6 aromatic carbocycles. The Morgan fingerprint density at radius 3 is 1.43 bits per heavy atom. The molecule has 3 aromatic heterocycles. The lowest BCUT2D eigenvalue weighted by atomic mass is 10.00. The molecule has 0 unspecified atom stereocenters. The summed E-state index contributed by atoms with van der Waals surface area (Å²) in [5.41, 5.74) is 7.35. The van der Waals surface area contributed by atoms with Crippen LogP contribution in [0.1, 0.15) is 5.48 Å². The summed E-state index contributed by atoms with van der Waals surface area (Å²) in [5, 5.41) is 0.405. The largest absolute Gasteiger partial charge is 0.226 e. The molecule has 0 aliphatic rings. The molecule has 0 radical (unpaired) electrons. The topological polar surface area (TPSA) is 64.5 Å². The molecule has 0 spiro atoms. The normalized spacial score (nSPS) is 12.4. The molecule has 0 amide bonds. The van der Waals surface area contributed by atoms with Crippen molar-refractivity contribution in [2.24, 2.45) is 0 Å². The number of fused-ring (bicyclic) bond motifs is 3. The van der Waals surface area contributed by atoms with Crippen molar-refractivity contribution in [2.45, 2.75) is 0 Å². The van der Waals surface area contributed by atoms with E-state index in [9.17, 15) is 0 Å². The Morgan fingerprint density at radius 2 is 0.857 bits per heavy atom. The van der Waals surface area contributed by atoms with E-state index in [-0.39, 0.29) is 24.2 Å². The van der Waals surface area contributed by atoms with E-state index >= 15 is 0 Å². The Bertz CT molecular complexity index is 2770. The van der Waals surface area contributed by atoms with E-state index in [1.165, 1.54) is 11.3 Å². The number of aromatic nitrogens is 5. The van der Waals surface area contributed by atoms with E-state index < -0.39 is 0 Å². The summed E-state index contributed by atoms with van der Waals surface area (Å²) in [6, 6.07) is 44.9. The van der Waals surface area contributed by atoms with E-state index in [2.05, 4.69) is 6.07 Å². The van der Waals surface area contributed by atoms with Crippen molar-refractivity contribution in [3.05, 3.63) is 164 Å². The second-order valence-corrected chi connectivity index (χ2v) is 12.5. The number of hydrogen-bond acceptors (Lipinski definition) is 6. The van der Waals surface area contributed by atoms with Gasteiger partial charge < -0.3 is 0 Å². The lowest BCUT2D eigenvalue weighted by molar-refractivity contribution is 1.07. The van der Waals surface area contributed by atoms with Crippen LogP contribution >= 0.6 is 11.3 Å². The zero-order valence-corrected chi connectivity index (χ0v) is 26.7. The van der Waals surface area contributed by atoms with Crippen molar-refractivity contribution in [2.75, 3.05) is 0 Å². The van der Waals surface area contributed by atoms with Gasteiger partial charge in [0.2, 0.25) is 0 Å². The molecule has 0 atom stereocenters. The van der Waals surface area contributed by atoms with Gasteiger partial charge in [0.15, 0.2) is 23.3 Å². The Hall–Kier alpha value is -6.37. The van der Waals surface area contributed by atoms with Crippen LogP contribution in [0.3, 0.4) is 0 Å². The predicted octanol–water partition coefficient (Wildman–Crippen LogP) is 11.0. The molecule has 3 heterocycles. The van der Waals surface area contributed by atoms with Gasteiger partial charge in [0.25, 0.3) is 0 Å². The molecule has 9 aromatic rings. The highest BCUT2D eigenvalue weighted by Crippen LogP contribution is 2.39. The molecule has 0 saturated heterocycles. The maximum atomic E-state index is 8.78. The van der Waals surface area contributed by atoms with Gasteiger partial charge in [-0.2, -0.15) is 0 Å². The molecule has 0 aliphatic carbocycles. The van der Waals surface area contributed by atoms with E-state index in [1.807, 2.05) is 133 Å². The first-order valence-electron chi connectivity index (χ1n) is 17.8. The van der Waals surface area contributed by atoms with Crippen LogP contribution in [0.4, 0.5) is 0 Å². The van der Waals surface area contributed by atoms with Crippen LogP contribution in [-0.2, 0) is 0 Å². The van der Waals surface area contributed by atoms with Crippen LogP contribution in [-0.4, -0.2) is 24.9 Å². The van der Waals surface area contributed by atoms with Gasteiger partial charge in [-0.15, -0.1) is 11.3 Å². The highest BCUT2D eigenvalue weighted by molar-refractivity contribution is 7.26. The minimum Gasteiger partial charge on any atom is -0.226 e. The summed E-state index contributed by atoms with van der Waals surface area (Å²) < 4.78 is 35.2. The van der Waals surface area contributed by atoms with Crippen molar-refractivity contribution >= 4 is 31.6 Å². The van der Waals surface area contributed by atoms with Gasteiger partial charge in [-0.1, -0.05) is 146 Å². The van der Waals surface area contributed by atoms with Crippen molar-refractivity contribution in [1.82, 2.24) is 24.9 Å². The van der Waals surface area contributed by atoms with Gasteiger partial charge in [-0.3, -0.25) is 0 Å². The molecule has 0 bridgehead atoms. The minimum atomic E-state index is -0.282. The van der Waals surface area contributed by atoms with Gasteiger partial charge in [0, 0.05) is 37.9 Å². The van der Waals surface area contributed by atoms with Crippen molar-refractivity contribution in [3.63, 3.8) is 0 Å². The third-order valence-electron chi connectivity index (χ3n) is 8.28. The molecule has 230 valence electrons. The van der Waals surface area contributed by atoms with Crippen molar-refractivity contribution < 1.29 is 5.48 Å². The lowest BCUT2D eigenvalue weighted by Gasteiger charge is -2.11. The SMILES string of the molecule is [2H]c1c([2H])c([2H])c2c(sc3c(-c4ccccc4)nc(-c4cccc(-c5cccc(-c6nc(-c7ccccc7)nc(-c7ccccc7)n6)c5)c4)nc32)c1[2H]. The highest BCUT2D eigenvalue weighted by Gasteiger charge is 2.17. The molecule has 49 heavy (non-hydrogen) atoms. The first kappa shape index (κ1) is 24.8. The minimum absolute atomic E-state index is 0.0728. The molecule has 0 fully saturated rings. The van der Waals surface area contributed by atoms with E-state index in [0.29, 0.717) is 49.3 Å². The summed E-state index contributed by atoms with van der Waals surface area (Å²) in [7, 11) is 0. The molecule has 0 aliphatic heterocycles. The van der Waals surface area contributed by atoms with Gasteiger partial charge in [0.1, 0.15) is 0 Å². The van der Waals surface area contributed by atoms with E-state index in [1.54, 1.807) is 0 Å². The fourth-order valence-corrected chi connectivity index (χ4v) is 6.96. The molecule has 6 heteroatoms. The molecule has 0 saturated carbocycles. The number of hydrogen-bond donors (Lipinski definition) is 0. The molecule has 9 rings (SSSR count). The summed E-state index contributed by atoms with van der Waals surface area (Å²) in [6.07, 6.45) is 0. The van der Waals surface area contributed by atoms with Crippen LogP contribution in [0.15, 0.2) is 164 Å². The summed E-state index contributed by atoms with van der Waals surface area (Å²) in [4.78, 5) is 24.7. The zero-order valence-electron chi connectivity index (χ0n) is 29.9. The summed E-state index contributed by atoms with van der Waals surface area (Å²) >= 11 is 1.30. The third kappa shape index (κ3) is 5.54. The quantitative estimate of drug-likeness (QED) is 0.179. The monoisotopic (exact) mass is 649 g/mol. The van der Waals surface area contributed by atoms with Crippen molar-refractivity contribution in [1.29, 1.82) is 0 Å². The first-order valence-corrected chi connectivity index (χ1v) is 16.6. The maximum Gasteiger partial charge on any atom is 0.164 e. The maximum absolute atomic E-state index is 8.78. The van der Waals surface area contributed by atoms with Crippen LogP contribution in [0.25, 0.3) is 88.2 Å². The number of nitrogens with zero attached hydrogens (tertiary/aromatic N) is 5. The number of benzene rings is 6. The summed E-state index contributed by atoms with van der Waals surface area (Å²) in [6.45, 7) is 0. The summed E-state index contributed by atoms with van der Waals surface area (Å²) in [5.74, 6) is 2.20. The Morgan fingerprint density at radius 1 is 0.408 bits per heavy atom. The molecular formula is C43H27N5S. The molecule has 0 N–H and O–H groups in total. The van der Waals surface area contributed by atoms with Gasteiger partial charge >= 0.3 is 0 Å². The Labute approximate surface area is 292 Å². The van der Waals surface area contributed by atoms with Gasteiger partial charge in [-0.05, 0) is 29.3 Å². The van der Waals surface area contributed by atoms with Gasteiger partial charge in [0.05, 0.1) is 21.4 Å². The van der Waals surface area contributed by atoms with Crippen molar-refractivity contribution in [3.8, 4) is 67.9 Å². The lowest BCUT2D eigenvalue weighted by Crippen LogP contribution is -2.00. The number of thiophene rings is 1. The third-order valence-corrected chi connectivity index (χ3v) is 9.38. The van der Waals surface area contributed by atoms with Gasteiger partial charge in [-0.25, -0.2) is 24.9 Å². The smallest absolute Gasteiger partial charge is 0.164 e. The number of rotatable bonds is 6. The second kappa shape index (κ2) is 12.3. The predicted molar refractivity (Wildman–Crippen MR) is 201 cm³/mol. The standard InChI is InChI=1S/C43H27N5S/c1-4-14-28(15-5-1)37-39-38(35-24-10-11-25-36(35)49-39)45-42(44-37)33-22-12-20-31(26-33)32-21-13-23-34(27-32)43-47-40(29-16-6-2-7-17-29)46-41(48-43)30-18-8-3-9-19-30/h1-27H/i10D,11D,24D,25D. The first-order chi connectivity index (χ1) is 25.9. The van der Waals surface area contributed by atoms with Crippen LogP contribution < -0.4 is 0 Å². The second-order valence-electron chi connectivity index (χ2n) is 11.4.